The number of aryl methyl sites for hydroxylation is 2. The number of pyridine rings is 1. The molecule has 0 aliphatic carbocycles. The van der Waals surface area contributed by atoms with Crippen LogP contribution in [0.15, 0.2) is 6.07 Å². The second-order valence-corrected chi connectivity index (χ2v) is 3.65. The van der Waals surface area contributed by atoms with Crippen LogP contribution in [0.4, 0.5) is 17.6 Å². The van der Waals surface area contributed by atoms with Crippen LogP contribution in [-0.2, 0) is 7.05 Å². The summed E-state index contributed by atoms with van der Waals surface area (Å²) in [5, 5.41) is 4.05. The van der Waals surface area contributed by atoms with E-state index in [1.54, 1.807) is 0 Å². The van der Waals surface area contributed by atoms with Gasteiger partial charge in [-0.05, 0) is 13.0 Å². The van der Waals surface area contributed by atoms with E-state index < -0.39 is 24.1 Å². The van der Waals surface area contributed by atoms with Gasteiger partial charge in [-0.25, -0.2) is 22.5 Å². The zero-order chi connectivity index (χ0) is 12.7. The monoisotopic (exact) mass is 247 g/mol. The van der Waals surface area contributed by atoms with Crippen molar-refractivity contribution in [3.05, 3.63) is 23.0 Å². The molecule has 0 aliphatic rings. The van der Waals surface area contributed by atoms with Crippen LogP contribution in [0.2, 0.25) is 0 Å². The van der Waals surface area contributed by atoms with Crippen molar-refractivity contribution in [3.8, 4) is 0 Å². The lowest BCUT2D eigenvalue weighted by Gasteiger charge is -2.06. The average Bonchev–Trinajstić information content (AvgIpc) is 2.53. The normalized spacial score (nSPS) is 12.0. The van der Waals surface area contributed by atoms with Crippen molar-refractivity contribution in [3.63, 3.8) is 0 Å². The lowest BCUT2D eigenvalue weighted by Crippen LogP contribution is -1.99. The van der Waals surface area contributed by atoms with Gasteiger partial charge in [-0.15, -0.1) is 0 Å². The van der Waals surface area contributed by atoms with Gasteiger partial charge >= 0.3 is 0 Å². The van der Waals surface area contributed by atoms with E-state index in [-0.39, 0.29) is 11.0 Å². The summed E-state index contributed by atoms with van der Waals surface area (Å²) < 4.78 is 51.9. The number of halogens is 4. The van der Waals surface area contributed by atoms with Crippen molar-refractivity contribution in [2.24, 2.45) is 7.05 Å². The van der Waals surface area contributed by atoms with E-state index in [0.29, 0.717) is 5.69 Å². The standard InChI is InChI=1S/C10H9F4N3/c1-4-7-5(8(11)12)3-6(9(13)14)15-10(7)17(2)16-4/h3,8-9H,1-2H3. The van der Waals surface area contributed by atoms with E-state index in [9.17, 15) is 17.6 Å². The van der Waals surface area contributed by atoms with Crippen LogP contribution >= 0.6 is 0 Å². The van der Waals surface area contributed by atoms with E-state index in [1.807, 2.05) is 0 Å². The summed E-state index contributed by atoms with van der Waals surface area (Å²) in [6.45, 7) is 1.54. The molecule has 7 heteroatoms. The highest BCUT2D eigenvalue weighted by molar-refractivity contribution is 5.82. The third-order valence-corrected chi connectivity index (χ3v) is 2.48. The molecule has 0 atom stereocenters. The lowest BCUT2D eigenvalue weighted by atomic mass is 10.1. The molecule has 0 radical (unpaired) electrons. The molecule has 17 heavy (non-hydrogen) atoms. The van der Waals surface area contributed by atoms with Crippen molar-refractivity contribution in [2.75, 3.05) is 0 Å². The van der Waals surface area contributed by atoms with Gasteiger partial charge in [0.1, 0.15) is 5.69 Å². The second kappa shape index (κ2) is 3.97. The first-order valence-electron chi connectivity index (χ1n) is 4.82. The average molecular weight is 247 g/mol. The smallest absolute Gasteiger partial charge is 0.250 e. The minimum Gasteiger partial charge on any atom is -0.250 e. The van der Waals surface area contributed by atoms with Gasteiger partial charge in [0.05, 0.1) is 11.1 Å². The molecule has 0 saturated heterocycles. The third-order valence-electron chi connectivity index (χ3n) is 2.48. The quantitative estimate of drug-likeness (QED) is 0.763. The first-order valence-corrected chi connectivity index (χ1v) is 4.82. The van der Waals surface area contributed by atoms with Crippen molar-refractivity contribution < 1.29 is 17.6 Å². The van der Waals surface area contributed by atoms with Crippen LogP contribution < -0.4 is 0 Å². The van der Waals surface area contributed by atoms with Gasteiger partial charge in [-0.2, -0.15) is 5.10 Å². The molecule has 2 heterocycles. The first kappa shape index (κ1) is 11.8. The molecule has 0 spiro atoms. The fraction of sp³-hybridized carbons (Fsp3) is 0.400. The molecule has 0 aliphatic heterocycles. The zero-order valence-electron chi connectivity index (χ0n) is 9.09. The van der Waals surface area contributed by atoms with Gasteiger partial charge in [0.25, 0.3) is 12.9 Å². The van der Waals surface area contributed by atoms with Gasteiger partial charge < -0.3 is 0 Å². The Morgan fingerprint density at radius 3 is 2.35 bits per heavy atom. The van der Waals surface area contributed by atoms with Gasteiger partial charge in [-0.3, -0.25) is 4.68 Å². The van der Waals surface area contributed by atoms with E-state index in [0.717, 1.165) is 6.07 Å². The fourth-order valence-corrected chi connectivity index (χ4v) is 1.78. The maximum absolute atomic E-state index is 12.8. The Morgan fingerprint density at radius 1 is 1.18 bits per heavy atom. The predicted octanol–water partition coefficient (Wildman–Crippen LogP) is 3.15. The van der Waals surface area contributed by atoms with Gasteiger partial charge in [-0.1, -0.05) is 0 Å². The Kier molecular flexibility index (Phi) is 2.76. The minimum atomic E-state index is -2.88. The van der Waals surface area contributed by atoms with Crippen LogP contribution in [0.25, 0.3) is 11.0 Å². The molecule has 0 fully saturated rings. The number of hydrogen-bond acceptors (Lipinski definition) is 2. The molecule has 2 aromatic rings. The Morgan fingerprint density at radius 2 is 1.82 bits per heavy atom. The summed E-state index contributed by atoms with van der Waals surface area (Å²) in [5.41, 5.74) is -0.701. The fourth-order valence-electron chi connectivity index (χ4n) is 1.78. The number of fused-ring (bicyclic) bond motifs is 1. The maximum atomic E-state index is 12.8. The summed E-state index contributed by atoms with van der Waals surface area (Å²) in [4.78, 5) is 3.66. The highest BCUT2D eigenvalue weighted by atomic mass is 19.3. The molecular formula is C10H9F4N3. The van der Waals surface area contributed by atoms with E-state index in [4.69, 9.17) is 0 Å². The predicted molar refractivity (Wildman–Crippen MR) is 53.2 cm³/mol. The molecule has 2 aromatic heterocycles. The van der Waals surface area contributed by atoms with Crippen LogP contribution in [0.1, 0.15) is 29.8 Å². The van der Waals surface area contributed by atoms with E-state index in [2.05, 4.69) is 10.1 Å². The number of alkyl halides is 4. The topological polar surface area (TPSA) is 30.7 Å². The number of hydrogen-bond donors (Lipinski definition) is 0. The molecule has 0 bridgehead atoms. The number of nitrogens with zero attached hydrogens (tertiary/aromatic N) is 3. The van der Waals surface area contributed by atoms with Crippen LogP contribution in [0.3, 0.4) is 0 Å². The van der Waals surface area contributed by atoms with Crippen LogP contribution in [0, 0.1) is 6.92 Å². The summed E-state index contributed by atoms with van der Waals surface area (Å²) in [6, 6.07) is 0.742. The lowest BCUT2D eigenvalue weighted by molar-refractivity contribution is 0.141. The Bertz CT molecular complexity index is 562. The molecule has 0 N–H and O–H groups in total. The van der Waals surface area contributed by atoms with Gasteiger partial charge in [0.2, 0.25) is 0 Å². The Hall–Kier alpha value is -1.66. The van der Waals surface area contributed by atoms with Crippen molar-refractivity contribution in [1.82, 2.24) is 14.8 Å². The summed E-state index contributed by atoms with van der Waals surface area (Å²) >= 11 is 0. The zero-order valence-corrected chi connectivity index (χ0v) is 9.09. The minimum absolute atomic E-state index is 0.0515. The number of rotatable bonds is 2. The van der Waals surface area contributed by atoms with E-state index >= 15 is 0 Å². The Labute approximate surface area is 94.1 Å². The van der Waals surface area contributed by atoms with Crippen molar-refractivity contribution in [1.29, 1.82) is 0 Å². The van der Waals surface area contributed by atoms with Crippen molar-refractivity contribution in [2.45, 2.75) is 19.8 Å². The molecule has 0 aromatic carbocycles. The Balaban J connectivity index is 2.83. The summed E-state index contributed by atoms with van der Waals surface area (Å²) in [5.74, 6) is 0. The molecular weight excluding hydrogens is 238 g/mol. The van der Waals surface area contributed by atoms with Crippen LogP contribution in [-0.4, -0.2) is 14.8 Å². The third kappa shape index (κ3) is 1.85. The second-order valence-electron chi connectivity index (χ2n) is 3.65. The maximum Gasteiger partial charge on any atom is 0.280 e. The van der Waals surface area contributed by atoms with Crippen LogP contribution in [0.5, 0.6) is 0 Å². The SMILES string of the molecule is Cc1nn(C)c2nc(C(F)F)cc(C(F)F)c12. The summed E-state index contributed by atoms with van der Waals surface area (Å²) in [7, 11) is 1.48. The first-order chi connectivity index (χ1) is 7.91. The van der Waals surface area contributed by atoms with Gasteiger partial charge in [0.15, 0.2) is 5.65 Å². The highest BCUT2D eigenvalue weighted by Crippen LogP contribution is 2.32. The summed E-state index contributed by atoms with van der Waals surface area (Å²) in [6.07, 6.45) is -5.71. The van der Waals surface area contributed by atoms with Crippen molar-refractivity contribution >= 4 is 11.0 Å². The number of aromatic nitrogens is 3. The van der Waals surface area contributed by atoms with Gasteiger partial charge in [0, 0.05) is 12.6 Å². The molecule has 0 amide bonds. The largest absolute Gasteiger partial charge is 0.280 e. The molecule has 2 rings (SSSR count). The molecule has 92 valence electrons. The van der Waals surface area contributed by atoms with E-state index in [1.165, 1.54) is 18.7 Å². The molecule has 0 saturated carbocycles. The highest BCUT2D eigenvalue weighted by Gasteiger charge is 2.22. The molecule has 0 unspecified atom stereocenters. The molecule has 3 nitrogen and oxygen atoms in total.